The summed E-state index contributed by atoms with van der Waals surface area (Å²) in [4.78, 5) is 24.9. The van der Waals surface area contributed by atoms with Gasteiger partial charge >= 0.3 is 0 Å². The maximum atomic E-state index is 12.8. The number of fused-ring (bicyclic) bond motifs is 1. The largest absolute Gasteiger partial charge is 0.344 e. The summed E-state index contributed by atoms with van der Waals surface area (Å²) in [5.41, 5.74) is 3.25. The molecule has 0 spiro atoms. The van der Waals surface area contributed by atoms with Crippen molar-refractivity contribution < 1.29 is 13.2 Å². The van der Waals surface area contributed by atoms with Crippen LogP contribution in [0.15, 0.2) is 65.8 Å². The molecule has 160 valence electrons. The van der Waals surface area contributed by atoms with Crippen LogP contribution >= 0.6 is 0 Å². The van der Waals surface area contributed by atoms with Crippen LogP contribution in [0.1, 0.15) is 29.8 Å². The van der Waals surface area contributed by atoms with Crippen molar-refractivity contribution in [1.29, 1.82) is 5.26 Å². The van der Waals surface area contributed by atoms with Crippen molar-refractivity contribution in [3.05, 3.63) is 72.1 Å². The number of carbonyl (C=O) groups is 1. The summed E-state index contributed by atoms with van der Waals surface area (Å²) in [6.45, 7) is 3.27. The van der Waals surface area contributed by atoms with Crippen LogP contribution in [0.4, 0.5) is 5.69 Å². The first-order valence-electron chi connectivity index (χ1n) is 9.79. The van der Waals surface area contributed by atoms with Gasteiger partial charge in [0.1, 0.15) is 5.52 Å². The molecule has 1 amide bonds. The van der Waals surface area contributed by atoms with Gasteiger partial charge in [-0.2, -0.15) is 5.26 Å². The quantitative estimate of drug-likeness (QED) is 0.479. The number of sulfone groups is 1. The smallest absolute Gasteiger partial charge is 0.259 e. The zero-order valence-corrected chi connectivity index (χ0v) is 18.1. The number of aromatic amines is 1. The Hall–Kier alpha value is -4.03. The summed E-state index contributed by atoms with van der Waals surface area (Å²) < 4.78 is 24.7. The fourth-order valence-corrected chi connectivity index (χ4v) is 4.22. The Labute approximate surface area is 184 Å². The van der Waals surface area contributed by atoms with Gasteiger partial charge in [0.15, 0.2) is 15.5 Å². The molecular formula is C23H19N5O3S. The average molecular weight is 446 g/mol. The Kier molecular flexibility index (Phi) is 5.47. The number of H-pyrrole nitrogens is 1. The van der Waals surface area contributed by atoms with Crippen LogP contribution < -0.4 is 5.32 Å². The summed E-state index contributed by atoms with van der Waals surface area (Å²) in [5, 5.41) is 11.3. The molecule has 0 saturated carbocycles. The molecule has 0 aliphatic heterocycles. The third kappa shape index (κ3) is 3.96. The second-order valence-corrected chi connectivity index (χ2v) is 9.92. The third-order valence-electron chi connectivity index (χ3n) is 4.97. The zero-order chi connectivity index (χ0) is 22.9. The second-order valence-electron chi connectivity index (χ2n) is 7.42. The molecule has 0 saturated heterocycles. The molecular weight excluding hydrogens is 426 g/mol. The lowest BCUT2D eigenvalue weighted by Gasteiger charge is -2.08. The number of nitrogens with one attached hydrogen (secondary N) is 2. The molecule has 2 aromatic carbocycles. The zero-order valence-electron chi connectivity index (χ0n) is 17.3. The molecule has 0 radical (unpaired) electrons. The van der Waals surface area contributed by atoms with E-state index in [1.165, 1.54) is 6.20 Å². The molecule has 2 heterocycles. The molecule has 0 atom stereocenters. The molecule has 0 fully saturated rings. The first-order chi connectivity index (χ1) is 15.3. The van der Waals surface area contributed by atoms with Gasteiger partial charge in [0.05, 0.1) is 39.2 Å². The SMILES string of the molecule is CC(C)S(=O)(=O)c1ccc(-c2cnc3[nH]cc(C(=O)Nc4cccc(C#N)c4)c3n2)cc1. The predicted molar refractivity (Wildman–Crippen MR) is 121 cm³/mol. The van der Waals surface area contributed by atoms with Gasteiger partial charge in [0.25, 0.3) is 5.91 Å². The van der Waals surface area contributed by atoms with Gasteiger partial charge in [-0.05, 0) is 44.2 Å². The molecule has 4 rings (SSSR count). The van der Waals surface area contributed by atoms with Gasteiger partial charge in [0, 0.05) is 17.4 Å². The van der Waals surface area contributed by atoms with E-state index in [-0.39, 0.29) is 4.90 Å². The normalized spacial score (nSPS) is 11.4. The number of carbonyl (C=O) groups excluding carboxylic acids is 1. The average Bonchev–Trinajstić information content (AvgIpc) is 3.22. The highest BCUT2D eigenvalue weighted by molar-refractivity contribution is 7.92. The van der Waals surface area contributed by atoms with E-state index < -0.39 is 21.0 Å². The highest BCUT2D eigenvalue weighted by Gasteiger charge is 2.19. The van der Waals surface area contributed by atoms with Crippen molar-refractivity contribution in [1.82, 2.24) is 15.0 Å². The molecule has 4 aromatic rings. The van der Waals surface area contributed by atoms with Crippen molar-refractivity contribution in [2.24, 2.45) is 0 Å². The molecule has 8 nitrogen and oxygen atoms in total. The molecule has 0 aliphatic rings. The van der Waals surface area contributed by atoms with E-state index in [1.54, 1.807) is 68.6 Å². The summed E-state index contributed by atoms with van der Waals surface area (Å²) in [6, 6.07) is 15.1. The maximum absolute atomic E-state index is 12.8. The highest BCUT2D eigenvalue weighted by atomic mass is 32.2. The Balaban J connectivity index is 1.66. The van der Waals surface area contributed by atoms with Crippen molar-refractivity contribution in [2.45, 2.75) is 24.0 Å². The number of benzene rings is 2. The summed E-state index contributed by atoms with van der Waals surface area (Å²) in [6.07, 6.45) is 3.08. The van der Waals surface area contributed by atoms with Crippen LogP contribution in [0.3, 0.4) is 0 Å². The second kappa shape index (κ2) is 8.24. The lowest BCUT2D eigenvalue weighted by atomic mass is 10.1. The van der Waals surface area contributed by atoms with E-state index in [9.17, 15) is 13.2 Å². The van der Waals surface area contributed by atoms with Crippen LogP contribution in [0.5, 0.6) is 0 Å². The molecule has 0 bridgehead atoms. The van der Waals surface area contributed by atoms with Gasteiger partial charge in [0.2, 0.25) is 0 Å². The third-order valence-corrected chi connectivity index (χ3v) is 7.14. The monoisotopic (exact) mass is 445 g/mol. The Morgan fingerprint density at radius 1 is 1.16 bits per heavy atom. The minimum atomic E-state index is -3.37. The molecule has 0 unspecified atom stereocenters. The lowest BCUT2D eigenvalue weighted by Crippen LogP contribution is -2.13. The Morgan fingerprint density at radius 3 is 2.59 bits per heavy atom. The Morgan fingerprint density at radius 2 is 1.91 bits per heavy atom. The van der Waals surface area contributed by atoms with Gasteiger partial charge in [-0.25, -0.2) is 18.4 Å². The van der Waals surface area contributed by atoms with Gasteiger partial charge < -0.3 is 10.3 Å². The minimum absolute atomic E-state index is 0.242. The minimum Gasteiger partial charge on any atom is -0.344 e. The standard InChI is InChI=1S/C23H19N5O3S/c1-14(2)32(30,31)18-8-6-16(7-9-18)20-13-26-22-21(28-20)19(12-25-22)23(29)27-17-5-3-4-15(10-17)11-24/h3-10,12-14H,1-2H3,(H,25,26)(H,27,29). The van der Waals surface area contributed by atoms with Crippen molar-refractivity contribution in [2.75, 3.05) is 5.32 Å². The first kappa shape index (κ1) is 21.2. The van der Waals surface area contributed by atoms with Gasteiger partial charge in [-0.15, -0.1) is 0 Å². The van der Waals surface area contributed by atoms with Crippen molar-refractivity contribution in [3.63, 3.8) is 0 Å². The van der Waals surface area contributed by atoms with E-state index >= 15 is 0 Å². The first-order valence-corrected chi connectivity index (χ1v) is 11.3. The number of aromatic nitrogens is 3. The number of anilines is 1. The summed E-state index contributed by atoms with van der Waals surface area (Å²) in [5.74, 6) is -0.392. The molecule has 32 heavy (non-hydrogen) atoms. The fourth-order valence-electron chi connectivity index (χ4n) is 3.16. The number of hydrogen-bond donors (Lipinski definition) is 2. The molecule has 2 aromatic heterocycles. The molecule has 9 heteroatoms. The van der Waals surface area contributed by atoms with Crippen LogP contribution in [0.2, 0.25) is 0 Å². The Bertz CT molecular complexity index is 1470. The van der Waals surface area contributed by atoms with E-state index in [2.05, 4.69) is 20.3 Å². The van der Waals surface area contributed by atoms with Crippen LogP contribution in [0, 0.1) is 11.3 Å². The van der Waals surface area contributed by atoms with Crippen LogP contribution in [-0.2, 0) is 9.84 Å². The number of hydrogen-bond acceptors (Lipinski definition) is 6. The number of rotatable bonds is 5. The van der Waals surface area contributed by atoms with E-state index in [1.807, 2.05) is 6.07 Å². The van der Waals surface area contributed by atoms with E-state index in [0.29, 0.717) is 39.2 Å². The number of nitriles is 1. The molecule has 2 N–H and O–H groups in total. The van der Waals surface area contributed by atoms with Crippen LogP contribution in [0.25, 0.3) is 22.4 Å². The number of nitrogens with zero attached hydrogens (tertiary/aromatic N) is 3. The van der Waals surface area contributed by atoms with E-state index in [0.717, 1.165) is 0 Å². The summed E-state index contributed by atoms with van der Waals surface area (Å²) in [7, 11) is -3.37. The van der Waals surface area contributed by atoms with Crippen molar-refractivity contribution in [3.8, 4) is 17.3 Å². The predicted octanol–water partition coefficient (Wildman–Crippen LogP) is 3.93. The fraction of sp³-hybridized carbons (Fsp3) is 0.130. The number of amides is 1. The van der Waals surface area contributed by atoms with Crippen molar-refractivity contribution >= 4 is 32.6 Å². The van der Waals surface area contributed by atoms with E-state index in [4.69, 9.17) is 5.26 Å². The molecule has 0 aliphatic carbocycles. The topological polar surface area (TPSA) is 129 Å². The van der Waals surface area contributed by atoms with Crippen LogP contribution in [-0.4, -0.2) is 34.5 Å². The van der Waals surface area contributed by atoms with Gasteiger partial charge in [-0.3, -0.25) is 4.79 Å². The summed E-state index contributed by atoms with van der Waals surface area (Å²) >= 11 is 0. The lowest BCUT2D eigenvalue weighted by molar-refractivity contribution is 0.102. The highest BCUT2D eigenvalue weighted by Crippen LogP contribution is 2.24. The maximum Gasteiger partial charge on any atom is 0.259 e. The van der Waals surface area contributed by atoms with Gasteiger partial charge in [-0.1, -0.05) is 18.2 Å².